The molecule has 174 valence electrons. The van der Waals surface area contributed by atoms with Gasteiger partial charge in [-0.05, 0) is 36.8 Å². The maximum absolute atomic E-state index is 12.8. The topological polar surface area (TPSA) is 168 Å². The first-order valence-corrected chi connectivity index (χ1v) is 9.91. The summed E-state index contributed by atoms with van der Waals surface area (Å²) in [6.07, 6.45) is -0.301. The molecule has 0 fully saturated rings. The lowest BCUT2D eigenvalue weighted by atomic mass is 9.87. The van der Waals surface area contributed by atoms with E-state index in [2.05, 4.69) is 5.32 Å². The number of ether oxygens (including phenoxy) is 2. The lowest BCUT2D eigenvalue weighted by Crippen LogP contribution is -2.48. The quantitative estimate of drug-likeness (QED) is 0.236. The predicted molar refractivity (Wildman–Crippen MR) is 115 cm³/mol. The van der Waals surface area contributed by atoms with Crippen molar-refractivity contribution in [3.05, 3.63) is 69.8 Å². The number of esters is 2. The highest BCUT2D eigenvalue weighted by molar-refractivity contribution is 5.98. The normalized spacial score (nSPS) is 12.2. The van der Waals surface area contributed by atoms with Gasteiger partial charge in [0.25, 0.3) is 11.6 Å². The van der Waals surface area contributed by atoms with E-state index >= 15 is 0 Å². The Balaban J connectivity index is 2.32. The van der Waals surface area contributed by atoms with Crippen molar-refractivity contribution in [2.45, 2.75) is 32.2 Å². The molecule has 11 nitrogen and oxygen atoms in total. The Labute approximate surface area is 189 Å². The van der Waals surface area contributed by atoms with Crippen LogP contribution in [0.5, 0.6) is 5.75 Å². The first kappa shape index (κ1) is 25.0. The zero-order valence-corrected chi connectivity index (χ0v) is 18.0. The van der Waals surface area contributed by atoms with Crippen molar-refractivity contribution in [2.24, 2.45) is 5.73 Å². The number of carbonyl (C=O) groups is 4. The highest BCUT2D eigenvalue weighted by Crippen LogP contribution is 2.27. The van der Waals surface area contributed by atoms with Crippen molar-refractivity contribution in [1.29, 1.82) is 0 Å². The van der Waals surface area contributed by atoms with Crippen LogP contribution >= 0.6 is 0 Å². The summed E-state index contributed by atoms with van der Waals surface area (Å²) in [7, 11) is 0. The Kier molecular flexibility index (Phi) is 8.61. The van der Waals surface area contributed by atoms with Gasteiger partial charge in [-0.15, -0.1) is 0 Å². The van der Waals surface area contributed by atoms with E-state index in [1.165, 1.54) is 55.5 Å². The Morgan fingerprint density at radius 2 is 1.67 bits per heavy atom. The van der Waals surface area contributed by atoms with Gasteiger partial charge in [-0.1, -0.05) is 12.1 Å². The van der Waals surface area contributed by atoms with Gasteiger partial charge in [0.05, 0.1) is 18.0 Å². The number of amides is 2. The standard InChI is InChI=1S/C22H23N3O8/c1-3-32-19(27)12-18(14-4-8-16(9-5-14)25(30)31)20(21(23)28)24-22(29)15-6-10-17(11-7-15)33-13(2)26/h4-11,18,20H,3,12H2,1-2H3,(H2,23,28)(H,24,29)/t18-,20-/m0/s1. The first-order chi connectivity index (χ1) is 15.6. The summed E-state index contributed by atoms with van der Waals surface area (Å²) in [6.45, 7) is 2.96. The summed E-state index contributed by atoms with van der Waals surface area (Å²) in [4.78, 5) is 58.6. The van der Waals surface area contributed by atoms with E-state index in [-0.39, 0.29) is 30.0 Å². The average Bonchev–Trinajstić information content (AvgIpc) is 2.76. The molecule has 0 saturated carbocycles. The molecule has 2 rings (SSSR count). The second-order valence-electron chi connectivity index (χ2n) is 6.94. The molecule has 11 heteroatoms. The van der Waals surface area contributed by atoms with Gasteiger partial charge in [-0.3, -0.25) is 29.3 Å². The van der Waals surface area contributed by atoms with Crippen LogP contribution in [0.2, 0.25) is 0 Å². The first-order valence-electron chi connectivity index (χ1n) is 9.91. The summed E-state index contributed by atoms with van der Waals surface area (Å²) in [5.41, 5.74) is 5.88. The van der Waals surface area contributed by atoms with E-state index in [0.717, 1.165) is 0 Å². The maximum Gasteiger partial charge on any atom is 0.308 e. The van der Waals surface area contributed by atoms with Gasteiger partial charge in [0.1, 0.15) is 11.8 Å². The van der Waals surface area contributed by atoms with Crippen molar-refractivity contribution in [2.75, 3.05) is 6.61 Å². The Morgan fingerprint density at radius 3 is 2.15 bits per heavy atom. The summed E-state index contributed by atoms with van der Waals surface area (Å²) < 4.78 is 9.88. The molecule has 2 aromatic rings. The lowest BCUT2D eigenvalue weighted by molar-refractivity contribution is -0.384. The van der Waals surface area contributed by atoms with Gasteiger partial charge in [0.2, 0.25) is 5.91 Å². The van der Waals surface area contributed by atoms with E-state index in [4.69, 9.17) is 15.2 Å². The number of hydrogen-bond acceptors (Lipinski definition) is 8. The second kappa shape index (κ2) is 11.4. The molecule has 0 saturated heterocycles. The summed E-state index contributed by atoms with van der Waals surface area (Å²) in [6, 6.07) is 9.48. The molecular formula is C22H23N3O8. The molecule has 2 atom stereocenters. The van der Waals surface area contributed by atoms with Gasteiger partial charge >= 0.3 is 11.9 Å². The zero-order valence-electron chi connectivity index (χ0n) is 18.0. The summed E-state index contributed by atoms with van der Waals surface area (Å²) >= 11 is 0. The van der Waals surface area contributed by atoms with Gasteiger partial charge in [-0.2, -0.15) is 0 Å². The fourth-order valence-corrected chi connectivity index (χ4v) is 3.11. The van der Waals surface area contributed by atoms with Crippen LogP contribution in [0, 0.1) is 10.1 Å². The monoisotopic (exact) mass is 457 g/mol. The van der Waals surface area contributed by atoms with Crippen molar-refractivity contribution in [3.8, 4) is 5.75 Å². The van der Waals surface area contributed by atoms with Crippen LogP contribution in [0.3, 0.4) is 0 Å². The highest BCUT2D eigenvalue weighted by atomic mass is 16.6. The van der Waals surface area contributed by atoms with Crippen LogP contribution in [0.1, 0.15) is 42.1 Å². The molecule has 0 aliphatic heterocycles. The minimum atomic E-state index is -1.32. The number of hydrogen-bond donors (Lipinski definition) is 2. The van der Waals surface area contributed by atoms with E-state index in [1.807, 2.05) is 0 Å². The van der Waals surface area contributed by atoms with Gasteiger partial charge in [0, 0.05) is 30.5 Å². The molecule has 2 amide bonds. The number of nitrogens with two attached hydrogens (primary N) is 1. The highest BCUT2D eigenvalue weighted by Gasteiger charge is 2.32. The number of rotatable bonds is 10. The largest absolute Gasteiger partial charge is 0.466 e. The molecule has 0 radical (unpaired) electrons. The number of carbonyl (C=O) groups excluding carboxylic acids is 4. The minimum absolute atomic E-state index is 0.105. The van der Waals surface area contributed by atoms with Crippen LogP contribution in [0.25, 0.3) is 0 Å². The average molecular weight is 457 g/mol. The van der Waals surface area contributed by atoms with Crippen LogP contribution in [-0.4, -0.2) is 41.3 Å². The molecule has 0 spiro atoms. The van der Waals surface area contributed by atoms with Crippen LogP contribution in [-0.2, 0) is 19.1 Å². The smallest absolute Gasteiger partial charge is 0.308 e. The minimum Gasteiger partial charge on any atom is -0.466 e. The number of nitrogens with one attached hydrogen (secondary N) is 1. The molecule has 0 aromatic heterocycles. The number of nitro groups is 1. The molecule has 33 heavy (non-hydrogen) atoms. The third-order valence-corrected chi connectivity index (χ3v) is 4.60. The van der Waals surface area contributed by atoms with Gasteiger partial charge < -0.3 is 20.5 Å². The van der Waals surface area contributed by atoms with E-state index in [9.17, 15) is 29.3 Å². The molecule has 0 aliphatic rings. The van der Waals surface area contributed by atoms with Crippen LogP contribution < -0.4 is 15.8 Å². The number of nitro benzene ring substituents is 1. The number of non-ortho nitro benzene ring substituents is 1. The van der Waals surface area contributed by atoms with Crippen molar-refractivity contribution in [3.63, 3.8) is 0 Å². The zero-order chi connectivity index (χ0) is 24.5. The van der Waals surface area contributed by atoms with Gasteiger partial charge in [-0.25, -0.2) is 0 Å². The number of nitrogens with zero attached hydrogens (tertiary/aromatic N) is 1. The Bertz CT molecular complexity index is 1030. The Hall–Kier alpha value is -4.28. The molecular weight excluding hydrogens is 434 g/mol. The summed E-state index contributed by atoms with van der Waals surface area (Å²) in [5, 5.41) is 13.5. The number of benzene rings is 2. The Morgan fingerprint density at radius 1 is 1.06 bits per heavy atom. The van der Waals surface area contributed by atoms with Crippen molar-refractivity contribution < 1.29 is 33.6 Å². The molecule has 3 N–H and O–H groups in total. The second-order valence-corrected chi connectivity index (χ2v) is 6.94. The van der Waals surface area contributed by atoms with E-state index < -0.39 is 40.6 Å². The molecule has 0 aliphatic carbocycles. The van der Waals surface area contributed by atoms with E-state index in [0.29, 0.717) is 5.56 Å². The van der Waals surface area contributed by atoms with E-state index in [1.54, 1.807) is 6.92 Å². The lowest BCUT2D eigenvalue weighted by Gasteiger charge is -2.25. The number of primary amides is 1. The van der Waals surface area contributed by atoms with Crippen LogP contribution in [0.4, 0.5) is 5.69 Å². The van der Waals surface area contributed by atoms with Crippen LogP contribution in [0.15, 0.2) is 48.5 Å². The predicted octanol–water partition coefficient (Wildman–Crippen LogP) is 1.84. The summed E-state index contributed by atoms with van der Waals surface area (Å²) in [5.74, 6) is -3.43. The molecule has 0 unspecified atom stereocenters. The molecule has 0 bridgehead atoms. The molecule has 2 aromatic carbocycles. The van der Waals surface area contributed by atoms with Crippen molar-refractivity contribution in [1.82, 2.24) is 5.32 Å². The molecule has 0 heterocycles. The SMILES string of the molecule is CCOC(=O)C[C@@H](c1ccc([N+](=O)[O-])cc1)[C@H](NC(=O)c1ccc(OC(C)=O)cc1)C(N)=O. The third-order valence-electron chi connectivity index (χ3n) is 4.60. The maximum atomic E-state index is 12.8. The third kappa shape index (κ3) is 7.13. The fourth-order valence-electron chi connectivity index (χ4n) is 3.11. The van der Waals surface area contributed by atoms with Crippen molar-refractivity contribution >= 4 is 29.4 Å². The van der Waals surface area contributed by atoms with Gasteiger partial charge in [0.15, 0.2) is 0 Å². The fraction of sp³-hybridized carbons (Fsp3) is 0.273.